The molecule has 0 bridgehead atoms. The van der Waals surface area contributed by atoms with Crippen molar-refractivity contribution in [2.24, 2.45) is 13.0 Å². The van der Waals surface area contributed by atoms with E-state index < -0.39 is 5.82 Å². The van der Waals surface area contributed by atoms with Crippen LogP contribution in [0, 0.1) is 18.7 Å². The number of hydrogen-bond donors (Lipinski definition) is 2. The summed E-state index contributed by atoms with van der Waals surface area (Å²) in [4.78, 5) is 27.6. The van der Waals surface area contributed by atoms with Gasteiger partial charge in [-0.25, -0.2) is 24.0 Å². The molecule has 3 aromatic heterocycles. The number of nitrogens with one attached hydrogen (secondary N) is 2. The number of aryl methyl sites for hydroxylation is 1. The third-order valence-electron chi connectivity index (χ3n) is 7.66. The SMILES string of the molecule is C=CC(=O)NC1CN(c2ccc3ncnc(Nc4ccc(Oc5ccc6c(c5)nnn6C)c(C)c4F)c3n2)CC[C@H]1C. The maximum absolute atomic E-state index is 15.6. The maximum Gasteiger partial charge on any atom is 0.243 e. The van der Waals surface area contributed by atoms with Crippen LogP contribution in [0.5, 0.6) is 11.5 Å². The van der Waals surface area contributed by atoms with Crippen molar-refractivity contribution in [3.8, 4) is 11.5 Å². The summed E-state index contributed by atoms with van der Waals surface area (Å²) in [6.07, 6.45) is 3.59. The Kier molecular flexibility index (Phi) is 7.11. The summed E-state index contributed by atoms with van der Waals surface area (Å²) in [5, 5.41) is 14.2. The number of piperidine rings is 1. The fraction of sp³-hybridized carbons (Fsp3) is 0.267. The highest BCUT2D eigenvalue weighted by Gasteiger charge is 2.28. The molecule has 1 amide bonds. The number of halogens is 1. The summed E-state index contributed by atoms with van der Waals surface area (Å²) >= 11 is 0. The van der Waals surface area contributed by atoms with Gasteiger partial charge in [-0.2, -0.15) is 0 Å². The Bertz CT molecular complexity index is 1820. The Morgan fingerprint density at radius 3 is 2.86 bits per heavy atom. The lowest BCUT2D eigenvalue weighted by atomic mass is 9.93. The number of aromatic nitrogens is 6. The third kappa shape index (κ3) is 5.18. The number of fused-ring (bicyclic) bond motifs is 2. The number of pyridine rings is 1. The second-order valence-corrected chi connectivity index (χ2v) is 10.4. The molecule has 1 aliphatic rings. The number of ether oxygens (including phenoxy) is 1. The number of amides is 1. The fourth-order valence-corrected chi connectivity index (χ4v) is 5.12. The smallest absolute Gasteiger partial charge is 0.243 e. The van der Waals surface area contributed by atoms with Crippen molar-refractivity contribution < 1.29 is 13.9 Å². The van der Waals surface area contributed by atoms with Crippen LogP contribution in [-0.4, -0.2) is 55.0 Å². The van der Waals surface area contributed by atoms with Gasteiger partial charge >= 0.3 is 0 Å². The van der Waals surface area contributed by atoms with Crippen molar-refractivity contribution in [1.82, 2.24) is 35.3 Å². The van der Waals surface area contributed by atoms with Gasteiger partial charge in [0.25, 0.3) is 0 Å². The molecule has 0 saturated carbocycles. The lowest BCUT2D eigenvalue weighted by molar-refractivity contribution is -0.117. The summed E-state index contributed by atoms with van der Waals surface area (Å²) in [6, 6.07) is 12.5. The van der Waals surface area contributed by atoms with Crippen molar-refractivity contribution in [3.63, 3.8) is 0 Å². The molecular formula is C30H30FN9O2. The molecule has 1 unspecified atom stereocenters. The van der Waals surface area contributed by atoms with E-state index in [9.17, 15) is 4.79 Å². The van der Waals surface area contributed by atoms with E-state index >= 15 is 4.39 Å². The summed E-state index contributed by atoms with van der Waals surface area (Å²) in [7, 11) is 1.81. The molecule has 12 heteroatoms. The number of carbonyl (C=O) groups excluding carboxylic acids is 1. The zero-order valence-electron chi connectivity index (χ0n) is 23.5. The zero-order valence-corrected chi connectivity index (χ0v) is 23.5. The first-order valence-electron chi connectivity index (χ1n) is 13.6. The number of benzene rings is 2. The third-order valence-corrected chi connectivity index (χ3v) is 7.66. The second kappa shape index (κ2) is 11.0. The Morgan fingerprint density at radius 1 is 1.17 bits per heavy atom. The molecule has 2 atom stereocenters. The Balaban J connectivity index is 1.25. The van der Waals surface area contributed by atoms with Gasteiger partial charge in [0.2, 0.25) is 5.91 Å². The molecule has 2 N–H and O–H groups in total. The topological polar surface area (TPSA) is 123 Å². The van der Waals surface area contributed by atoms with Gasteiger partial charge in [0, 0.05) is 37.8 Å². The number of nitrogens with zero attached hydrogens (tertiary/aromatic N) is 7. The van der Waals surface area contributed by atoms with E-state index in [0.29, 0.717) is 51.9 Å². The number of anilines is 3. The highest BCUT2D eigenvalue weighted by molar-refractivity contribution is 5.89. The molecule has 0 radical (unpaired) electrons. The van der Waals surface area contributed by atoms with Crippen LogP contribution in [0.25, 0.3) is 22.1 Å². The van der Waals surface area contributed by atoms with Gasteiger partial charge in [-0.3, -0.25) is 4.79 Å². The zero-order chi connectivity index (χ0) is 29.4. The normalized spacial score (nSPS) is 16.9. The fourth-order valence-electron chi connectivity index (χ4n) is 5.12. The monoisotopic (exact) mass is 567 g/mol. The van der Waals surface area contributed by atoms with Gasteiger partial charge in [0.1, 0.15) is 34.7 Å². The van der Waals surface area contributed by atoms with Crippen LogP contribution in [0.2, 0.25) is 0 Å². The molecule has 2 aromatic carbocycles. The Morgan fingerprint density at radius 2 is 2.02 bits per heavy atom. The van der Waals surface area contributed by atoms with Gasteiger partial charge in [0.05, 0.1) is 16.7 Å². The van der Waals surface area contributed by atoms with Gasteiger partial charge < -0.3 is 20.3 Å². The second-order valence-electron chi connectivity index (χ2n) is 10.4. The van der Waals surface area contributed by atoms with Crippen molar-refractivity contribution in [2.45, 2.75) is 26.3 Å². The number of rotatable bonds is 7. The van der Waals surface area contributed by atoms with Crippen LogP contribution in [0.4, 0.5) is 21.7 Å². The lowest BCUT2D eigenvalue weighted by Crippen LogP contribution is -2.51. The Hall–Kier alpha value is -5.13. The number of carbonyl (C=O) groups is 1. The molecule has 0 spiro atoms. The predicted molar refractivity (Wildman–Crippen MR) is 158 cm³/mol. The highest BCUT2D eigenvalue weighted by Crippen LogP contribution is 2.34. The first-order chi connectivity index (χ1) is 20.3. The van der Waals surface area contributed by atoms with Crippen LogP contribution in [0.3, 0.4) is 0 Å². The van der Waals surface area contributed by atoms with Gasteiger partial charge in [-0.05, 0) is 61.7 Å². The minimum atomic E-state index is -0.471. The average Bonchev–Trinajstić information content (AvgIpc) is 3.37. The van der Waals surface area contributed by atoms with E-state index in [1.165, 1.54) is 12.4 Å². The minimum Gasteiger partial charge on any atom is -0.457 e. The predicted octanol–water partition coefficient (Wildman–Crippen LogP) is 4.81. The molecule has 6 rings (SSSR count). The van der Waals surface area contributed by atoms with Crippen LogP contribution in [0.15, 0.2) is 61.4 Å². The maximum atomic E-state index is 15.6. The van der Waals surface area contributed by atoms with Gasteiger partial charge in [-0.1, -0.05) is 18.7 Å². The summed E-state index contributed by atoms with van der Waals surface area (Å²) < 4.78 is 23.3. The van der Waals surface area contributed by atoms with E-state index in [2.05, 4.69) is 49.3 Å². The average molecular weight is 568 g/mol. The quantitative estimate of drug-likeness (QED) is 0.267. The van der Waals surface area contributed by atoms with Crippen LogP contribution < -0.4 is 20.3 Å². The molecule has 42 heavy (non-hydrogen) atoms. The molecule has 5 aromatic rings. The molecule has 0 aliphatic carbocycles. The first-order valence-corrected chi connectivity index (χ1v) is 13.6. The molecule has 1 fully saturated rings. The molecule has 214 valence electrons. The molecule has 1 saturated heterocycles. The van der Waals surface area contributed by atoms with E-state index in [1.54, 1.807) is 35.9 Å². The van der Waals surface area contributed by atoms with Crippen LogP contribution in [-0.2, 0) is 11.8 Å². The highest BCUT2D eigenvalue weighted by atomic mass is 19.1. The van der Waals surface area contributed by atoms with Gasteiger partial charge in [-0.15, -0.1) is 5.10 Å². The van der Waals surface area contributed by atoms with E-state index in [1.807, 2.05) is 25.2 Å². The largest absolute Gasteiger partial charge is 0.457 e. The van der Waals surface area contributed by atoms with E-state index in [-0.39, 0.29) is 17.6 Å². The van der Waals surface area contributed by atoms with Crippen LogP contribution >= 0.6 is 0 Å². The summed E-state index contributed by atoms with van der Waals surface area (Å²) in [5.41, 5.74) is 3.25. The first kappa shape index (κ1) is 27.1. The standard InChI is InChI=1S/C30H30FN9O2/c1-5-27(41)34-23-15-40(13-12-17(23)2)26-11-8-21-29(36-26)30(33-16-32-21)35-20-7-10-25(18(3)28(20)31)42-19-6-9-24-22(14-19)37-38-39(24)4/h5-11,14,16-17,23H,1,12-13,15H2,2-4H3,(H,34,41)(H,32,33,35)/t17-,23?/m1/s1. The van der Waals surface area contributed by atoms with Crippen molar-refractivity contribution in [3.05, 3.63) is 72.8 Å². The molecule has 4 heterocycles. The van der Waals surface area contributed by atoms with E-state index in [4.69, 9.17) is 9.72 Å². The van der Waals surface area contributed by atoms with Crippen molar-refractivity contribution >= 4 is 45.3 Å². The summed E-state index contributed by atoms with van der Waals surface area (Å²) in [5.74, 6) is 1.67. The summed E-state index contributed by atoms with van der Waals surface area (Å²) in [6.45, 7) is 8.73. The van der Waals surface area contributed by atoms with Crippen molar-refractivity contribution in [2.75, 3.05) is 23.3 Å². The Labute approximate surface area is 241 Å². The van der Waals surface area contributed by atoms with E-state index in [0.717, 1.165) is 24.3 Å². The van der Waals surface area contributed by atoms with Gasteiger partial charge in [0.15, 0.2) is 11.6 Å². The lowest BCUT2D eigenvalue weighted by Gasteiger charge is -2.38. The molecule has 11 nitrogen and oxygen atoms in total. The number of hydrogen-bond acceptors (Lipinski definition) is 9. The molecule has 1 aliphatic heterocycles. The van der Waals surface area contributed by atoms with Crippen molar-refractivity contribution in [1.29, 1.82) is 0 Å². The minimum absolute atomic E-state index is 0.0355. The van der Waals surface area contributed by atoms with Crippen LogP contribution in [0.1, 0.15) is 18.9 Å². The molecular weight excluding hydrogens is 537 g/mol.